The van der Waals surface area contributed by atoms with Crippen LogP contribution in [0.2, 0.25) is 0 Å². The summed E-state index contributed by atoms with van der Waals surface area (Å²) in [4.78, 5) is 25.0. The number of oxime groups is 1. The number of hydrogen-bond donors (Lipinski definition) is 2. The van der Waals surface area contributed by atoms with Gasteiger partial charge in [-0.05, 0) is 0 Å². The molecule has 6 nitrogen and oxygen atoms in total. The van der Waals surface area contributed by atoms with Crippen molar-refractivity contribution in [2.45, 2.75) is 6.92 Å². The van der Waals surface area contributed by atoms with Crippen LogP contribution in [0.1, 0.15) is 6.92 Å². The third-order valence-electron chi connectivity index (χ3n) is 0.637. The van der Waals surface area contributed by atoms with Gasteiger partial charge in [0, 0.05) is 6.92 Å². The lowest BCUT2D eigenvalue weighted by atomic mass is 10.7. The molecule has 0 bridgehead atoms. The summed E-state index contributed by atoms with van der Waals surface area (Å²) in [6, 6.07) is 0. The zero-order chi connectivity index (χ0) is 8.69. The summed E-state index contributed by atoms with van der Waals surface area (Å²) in [7, 11) is 1.31. The van der Waals surface area contributed by atoms with E-state index in [0.717, 1.165) is 6.21 Å². The largest absolute Gasteiger partial charge is 0.399 e. The minimum absolute atomic E-state index is 0.357. The minimum atomic E-state index is -0.554. The zero-order valence-electron chi connectivity index (χ0n) is 6.25. The Kier molecular flexibility index (Phi) is 4.46. The van der Waals surface area contributed by atoms with E-state index in [1.165, 1.54) is 14.0 Å². The Hall–Kier alpha value is -1.59. The molecule has 0 aromatic rings. The maximum absolute atomic E-state index is 10.6. The van der Waals surface area contributed by atoms with Crippen molar-refractivity contribution in [3.05, 3.63) is 0 Å². The van der Waals surface area contributed by atoms with Crippen LogP contribution in [0.25, 0.3) is 0 Å². The fourth-order valence-corrected chi connectivity index (χ4v) is 0.282. The topological polar surface area (TPSA) is 79.8 Å². The molecule has 6 heteroatoms. The number of carbonyl (C=O) groups excluding carboxylic acids is 2. The highest BCUT2D eigenvalue weighted by Gasteiger charge is 1.94. The Bertz CT molecular complexity index is 178. The first-order chi connectivity index (χ1) is 5.16. The van der Waals surface area contributed by atoms with Gasteiger partial charge < -0.3 is 4.84 Å². The molecule has 0 aliphatic heterocycles. The maximum Gasteiger partial charge on any atom is 0.284 e. The molecule has 0 aromatic carbocycles. The molecule has 2 N–H and O–H groups in total. The molecule has 0 spiro atoms. The molecule has 0 saturated heterocycles. The van der Waals surface area contributed by atoms with Gasteiger partial charge in [0.15, 0.2) is 0 Å². The highest BCUT2D eigenvalue weighted by atomic mass is 16.6. The van der Waals surface area contributed by atoms with Gasteiger partial charge in [-0.1, -0.05) is 5.16 Å². The lowest BCUT2D eigenvalue weighted by Gasteiger charge is -1.98. The predicted octanol–water partition coefficient (Wildman–Crippen LogP) is -1.21. The van der Waals surface area contributed by atoms with Crippen LogP contribution in [-0.4, -0.2) is 25.1 Å². The zero-order valence-corrected chi connectivity index (χ0v) is 6.25. The minimum Gasteiger partial charge on any atom is -0.399 e. The second kappa shape index (κ2) is 5.21. The standard InChI is InChI=1S/C5H9N3O3/c1-4(9)7-8-5(10)3-6-11-2/h3H,1-2H3,(H,7,9)(H,8,10)/b6-3+. The second-order valence-corrected chi connectivity index (χ2v) is 1.59. The van der Waals surface area contributed by atoms with Gasteiger partial charge in [0.2, 0.25) is 5.91 Å². The molecule has 11 heavy (non-hydrogen) atoms. The Morgan fingerprint density at radius 3 is 2.55 bits per heavy atom. The highest BCUT2D eigenvalue weighted by Crippen LogP contribution is 1.63. The molecule has 0 aliphatic carbocycles. The van der Waals surface area contributed by atoms with Crippen LogP contribution >= 0.6 is 0 Å². The van der Waals surface area contributed by atoms with Gasteiger partial charge in [0.25, 0.3) is 5.91 Å². The van der Waals surface area contributed by atoms with Crippen molar-refractivity contribution in [3.8, 4) is 0 Å². The van der Waals surface area contributed by atoms with Gasteiger partial charge in [-0.25, -0.2) is 0 Å². The summed E-state index contributed by atoms with van der Waals surface area (Å²) >= 11 is 0. The fourth-order valence-electron chi connectivity index (χ4n) is 0.282. The van der Waals surface area contributed by atoms with Crippen molar-refractivity contribution < 1.29 is 14.4 Å². The highest BCUT2D eigenvalue weighted by molar-refractivity contribution is 6.26. The Morgan fingerprint density at radius 2 is 2.09 bits per heavy atom. The number of nitrogens with one attached hydrogen (secondary N) is 2. The first kappa shape index (κ1) is 9.41. The number of hydrogen-bond acceptors (Lipinski definition) is 4. The molecule has 2 amide bonds. The molecular formula is C5H9N3O3. The van der Waals surface area contributed by atoms with E-state index in [0.29, 0.717) is 0 Å². The van der Waals surface area contributed by atoms with Crippen LogP contribution in [0.5, 0.6) is 0 Å². The number of rotatable bonds is 2. The Morgan fingerprint density at radius 1 is 1.45 bits per heavy atom. The third-order valence-corrected chi connectivity index (χ3v) is 0.637. The molecule has 0 atom stereocenters. The van der Waals surface area contributed by atoms with Crippen molar-refractivity contribution in [2.24, 2.45) is 5.16 Å². The number of hydrazine groups is 1. The third kappa shape index (κ3) is 6.29. The van der Waals surface area contributed by atoms with Crippen molar-refractivity contribution in [1.82, 2.24) is 10.9 Å². The summed E-state index contributed by atoms with van der Waals surface area (Å²) in [6.45, 7) is 1.27. The van der Waals surface area contributed by atoms with E-state index < -0.39 is 5.91 Å². The summed E-state index contributed by atoms with van der Waals surface area (Å²) in [6.07, 6.45) is 0.899. The van der Waals surface area contributed by atoms with Crippen LogP contribution in [0.3, 0.4) is 0 Å². The maximum atomic E-state index is 10.6. The van der Waals surface area contributed by atoms with Crippen molar-refractivity contribution in [2.75, 3.05) is 7.11 Å². The van der Waals surface area contributed by atoms with Crippen LogP contribution in [0.15, 0.2) is 5.16 Å². The van der Waals surface area contributed by atoms with Crippen molar-refractivity contribution in [3.63, 3.8) is 0 Å². The molecule has 0 unspecified atom stereocenters. The normalized spacial score (nSPS) is 9.27. The van der Waals surface area contributed by atoms with Gasteiger partial charge in [-0.15, -0.1) is 0 Å². The summed E-state index contributed by atoms with van der Waals surface area (Å²) in [5.41, 5.74) is 4.12. The summed E-state index contributed by atoms with van der Waals surface area (Å²) < 4.78 is 0. The average molecular weight is 159 g/mol. The van der Waals surface area contributed by atoms with Crippen LogP contribution in [0, 0.1) is 0 Å². The molecular weight excluding hydrogens is 150 g/mol. The van der Waals surface area contributed by atoms with Crippen molar-refractivity contribution in [1.29, 1.82) is 0 Å². The van der Waals surface area contributed by atoms with Crippen LogP contribution in [-0.2, 0) is 14.4 Å². The van der Waals surface area contributed by atoms with E-state index in [2.05, 4.69) is 15.4 Å². The Labute approximate surface area is 63.6 Å². The number of amides is 2. The monoisotopic (exact) mass is 159 g/mol. The number of carbonyl (C=O) groups is 2. The smallest absolute Gasteiger partial charge is 0.284 e. The number of nitrogens with zero attached hydrogens (tertiary/aromatic N) is 1. The molecule has 0 rings (SSSR count). The van der Waals surface area contributed by atoms with Gasteiger partial charge in [0.05, 0.1) is 0 Å². The predicted molar refractivity (Wildman–Crippen MR) is 37.5 cm³/mol. The SMILES string of the molecule is CO/N=C/C(=O)NNC(C)=O. The molecule has 62 valence electrons. The molecule has 0 aromatic heterocycles. The molecule has 0 aliphatic rings. The lowest BCUT2D eigenvalue weighted by molar-refractivity contribution is -0.124. The molecule has 0 radical (unpaired) electrons. The molecule has 0 fully saturated rings. The van der Waals surface area contributed by atoms with Gasteiger partial charge in [-0.3, -0.25) is 20.4 Å². The summed E-state index contributed by atoms with van der Waals surface area (Å²) in [5.74, 6) is -0.911. The Balaban J connectivity index is 3.53. The van der Waals surface area contributed by atoms with Gasteiger partial charge in [0.1, 0.15) is 13.3 Å². The second-order valence-electron chi connectivity index (χ2n) is 1.59. The van der Waals surface area contributed by atoms with E-state index in [9.17, 15) is 9.59 Å². The van der Waals surface area contributed by atoms with E-state index in [-0.39, 0.29) is 5.91 Å². The lowest BCUT2D eigenvalue weighted by Crippen LogP contribution is -2.40. The average Bonchev–Trinajstić information content (AvgIpc) is 1.97. The van der Waals surface area contributed by atoms with Crippen LogP contribution in [0.4, 0.5) is 0 Å². The quantitative estimate of drug-likeness (QED) is 0.391. The van der Waals surface area contributed by atoms with Gasteiger partial charge in [-0.2, -0.15) is 0 Å². The molecule has 0 saturated carbocycles. The van der Waals surface area contributed by atoms with Crippen LogP contribution < -0.4 is 10.9 Å². The van der Waals surface area contributed by atoms with E-state index in [1.54, 1.807) is 0 Å². The van der Waals surface area contributed by atoms with Crippen molar-refractivity contribution >= 4 is 18.0 Å². The van der Waals surface area contributed by atoms with Gasteiger partial charge >= 0.3 is 0 Å². The molecule has 0 heterocycles. The fraction of sp³-hybridized carbons (Fsp3) is 0.400. The van der Waals surface area contributed by atoms with E-state index in [1.807, 2.05) is 5.43 Å². The summed E-state index contributed by atoms with van der Waals surface area (Å²) in [5, 5.41) is 3.16. The first-order valence-corrected chi connectivity index (χ1v) is 2.80. The first-order valence-electron chi connectivity index (χ1n) is 2.80. The van der Waals surface area contributed by atoms with E-state index >= 15 is 0 Å². The van der Waals surface area contributed by atoms with E-state index in [4.69, 9.17) is 0 Å².